The molecule has 7 nitrogen and oxygen atoms in total. The molecule has 0 radical (unpaired) electrons. The number of ketones is 1. The van der Waals surface area contributed by atoms with Crippen LogP contribution in [-0.2, 0) is 23.9 Å². The monoisotopic (exact) mass is 298 g/mol. The Morgan fingerprint density at radius 1 is 1.33 bits per heavy atom. The van der Waals surface area contributed by atoms with Crippen molar-refractivity contribution < 1.29 is 23.9 Å². The Kier molecular flexibility index (Phi) is 6.33. The lowest BCUT2D eigenvalue weighted by Gasteiger charge is -2.20. The molecule has 21 heavy (non-hydrogen) atoms. The van der Waals surface area contributed by atoms with E-state index in [2.05, 4.69) is 10.1 Å². The predicted molar refractivity (Wildman–Crippen MR) is 74.2 cm³/mol. The molecule has 1 atom stereocenters. The molecule has 1 fully saturated rings. The smallest absolute Gasteiger partial charge is 0.305 e. The van der Waals surface area contributed by atoms with E-state index in [1.165, 1.54) is 7.11 Å². The number of carbonyl (C=O) groups excluding carboxylic acids is 4. The van der Waals surface area contributed by atoms with Crippen LogP contribution in [0.25, 0.3) is 0 Å². The molecule has 0 aromatic heterocycles. The highest BCUT2D eigenvalue weighted by atomic mass is 16.5. The summed E-state index contributed by atoms with van der Waals surface area (Å²) in [4.78, 5) is 47.7. The molecule has 0 saturated carbocycles. The highest BCUT2D eigenvalue weighted by Crippen LogP contribution is 2.20. The maximum Gasteiger partial charge on any atom is 0.305 e. The Hall–Kier alpha value is -1.92. The normalized spacial score (nSPS) is 18.0. The predicted octanol–water partition coefficient (Wildman–Crippen LogP) is -0.118. The van der Waals surface area contributed by atoms with Crippen LogP contribution in [-0.4, -0.2) is 54.7 Å². The lowest BCUT2D eigenvalue weighted by Crippen LogP contribution is -2.37. The van der Waals surface area contributed by atoms with E-state index < -0.39 is 11.9 Å². The van der Waals surface area contributed by atoms with Crippen molar-refractivity contribution in [1.29, 1.82) is 0 Å². The van der Waals surface area contributed by atoms with Crippen LogP contribution in [0.2, 0.25) is 0 Å². The number of hydrogen-bond donors (Lipinski definition) is 1. The highest BCUT2D eigenvalue weighted by Gasteiger charge is 2.35. The summed E-state index contributed by atoms with van der Waals surface area (Å²) in [5.41, 5.74) is 0. The van der Waals surface area contributed by atoms with Gasteiger partial charge in [0.2, 0.25) is 11.8 Å². The van der Waals surface area contributed by atoms with Crippen molar-refractivity contribution in [1.82, 2.24) is 10.2 Å². The van der Waals surface area contributed by atoms with Crippen molar-refractivity contribution in [2.45, 2.75) is 39.2 Å². The summed E-state index contributed by atoms with van der Waals surface area (Å²) >= 11 is 0. The van der Waals surface area contributed by atoms with Gasteiger partial charge in [-0.25, -0.2) is 0 Å². The second kappa shape index (κ2) is 7.75. The third-order valence-electron chi connectivity index (χ3n) is 3.45. The Morgan fingerprint density at radius 3 is 2.52 bits per heavy atom. The molecule has 1 unspecified atom stereocenters. The zero-order valence-corrected chi connectivity index (χ0v) is 12.7. The molecule has 1 rings (SSSR count). The van der Waals surface area contributed by atoms with Gasteiger partial charge in [0.05, 0.1) is 26.0 Å². The van der Waals surface area contributed by atoms with Crippen molar-refractivity contribution in [3.05, 3.63) is 0 Å². The Balaban J connectivity index is 2.33. The number of nitrogens with zero attached hydrogens (tertiary/aromatic N) is 1. The molecule has 0 bridgehead atoms. The lowest BCUT2D eigenvalue weighted by atomic mass is 10.1. The minimum Gasteiger partial charge on any atom is -0.469 e. The van der Waals surface area contributed by atoms with Crippen molar-refractivity contribution in [2.75, 3.05) is 20.2 Å². The first-order valence-corrected chi connectivity index (χ1v) is 7.00. The van der Waals surface area contributed by atoms with Gasteiger partial charge in [0.25, 0.3) is 0 Å². The first-order chi connectivity index (χ1) is 9.85. The molecule has 1 N–H and O–H groups in total. The largest absolute Gasteiger partial charge is 0.469 e. The van der Waals surface area contributed by atoms with Gasteiger partial charge in [-0.15, -0.1) is 0 Å². The zero-order chi connectivity index (χ0) is 16.0. The van der Waals surface area contributed by atoms with E-state index in [9.17, 15) is 19.2 Å². The summed E-state index contributed by atoms with van der Waals surface area (Å²) in [6.07, 6.45) is 0.225. The van der Waals surface area contributed by atoms with Crippen molar-refractivity contribution in [2.24, 2.45) is 5.92 Å². The number of esters is 1. The first kappa shape index (κ1) is 17.1. The van der Waals surface area contributed by atoms with E-state index >= 15 is 0 Å². The molecule has 2 amide bonds. The second-order valence-electron chi connectivity index (χ2n) is 5.37. The summed E-state index contributed by atoms with van der Waals surface area (Å²) in [6, 6.07) is 0.0667. The molecule has 0 spiro atoms. The molecule has 0 aliphatic carbocycles. The molecular weight excluding hydrogens is 276 g/mol. The van der Waals surface area contributed by atoms with Crippen LogP contribution in [0.5, 0.6) is 0 Å². The molecule has 0 aromatic carbocycles. The van der Waals surface area contributed by atoms with Gasteiger partial charge in [-0.3, -0.25) is 19.2 Å². The standard InChI is InChI=1S/C14H22N2O5/c1-9(2)16-8-10(6-12(16)18)14(20)15-7-11(17)4-5-13(19)21-3/h9-10H,4-8H2,1-3H3,(H,15,20). The number of hydrogen-bond acceptors (Lipinski definition) is 5. The van der Waals surface area contributed by atoms with E-state index in [1.807, 2.05) is 13.8 Å². The van der Waals surface area contributed by atoms with Crippen molar-refractivity contribution in [3.8, 4) is 0 Å². The molecule has 1 saturated heterocycles. The van der Waals surface area contributed by atoms with Gasteiger partial charge >= 0.3 is 5.97 Å². The van der Waals surface area contributed by atoms with Crippen LogP contribution in [0.15, 0.2) is 0 Å². The minimum atomic E-state index is -0.455. The Bertz CT molecular complexity index is 433. The lowest BCUT2D eigenvalue weighted by molar-refractivity contribution is -0.141. The molecular formula is C14H22N2O5. The number of rotatable bonds is 7. The van der Waals surface area contributed by atoms with Crippen molar-refractivity contribution in [3.63, 3.8) is 0 Å². The summed E-state index contributed by atoms with van der Waals surface area (Å²) in [5, 5.41) is 2.53. The summed E-state index contributed by atoms with van der Waals surface area (Å²) in [6.45, 7) is 4.06. The van der Waals surface area contributed by atoms with Crippen LogP contribution in [0.4, 0.5) is 0 Å². The van der Waals surface area contributed by atoms with Gasteiger partial charge in [-0.05, 0) is 13.8 Å². The maximum atomic E-state index is 11.9. The number of amides is 2. The van der Waals surface area contributed by atoms with Crippen LogP contribution in [0, 0.1) is 5.92 Å². The van der Waals surface area contributed by atoms with Crippen LogP contribution in [0.3, 0.4) is 0 Å². The molecule has 1 aliphatic rings. The van der Waals surface area contributed by atoms with E-state index in [-0.39, 0.29) is 49.4 Å². The fourth-order valence-corrected chi connectivity index (χ4v) is 2.17. The summed E-state index contributed by atoms with van der Waals surface area (Å²) < 4.78 is 4.43. The molecule has 7 heteroatoms. The fraction of sp³-hybridized carbons (Fsp3) is 0.714. The third-order valence-corrected chi connectivity index (χ3v) is 3.45. The summed E-state index contributed by atoms with van der Waals surface area (Å²) in [7, 11) is 1.26. The topological polar surface area (TPSA) is 92.8 Å². The Morgan fingerprint density at radius 2 is 2.00 bits per heavy atom. The number of nitrogens with one attached hydrogen (secondary N) is 1. The zero-order valence-electron chi connectivity index (χ0n) is 12.7. The minimum absolute atomic E-state index is 0.00818. The summed E-state index contributed by atoms with van der Waals surface area (Å²) in [5.74, 6) is -1.43. The number of ether oxygens (including phenoxy) is 1. The number of carbonyl (C=O) groups is 4. The molecule has 0 aromatic rings. The SMILES string of the molecule is COC(=O)CCC(=O)CNC(=O)C1CC(=O)N(C(C)C)C1. The first-order valence-electron chi connectivity index (χ1n) is 7.00. The third kappa shape index (κ3) is 5.17. The molecule has 1 aliphatic heterocycles. The molecule has 1 heterocycles. The average Bonchev–Trinajstić information content (AvgIpc) is 2.84. The van der Waals surface area contributed by atoms with Gasteiger partial charge in [0.1, 0.15) is 0 Å². The van der Waals surface area contributed by atoms with Gasteiger partial charge in [-0.1, -0.05) is 0 Å². The van der Waals surface area contributed by atoms with E-state index in [0.717, 1.165) is 0 Å². The van der Waals surface area contributed by atoms with Crippen LogP contribution in [0.1, 0.15) is 33.1 Å². The van der Waals surface area contributed by atoms with Gasteiger partial charge in [0, 0.05) is 25.4 Å². The average molecular weight is 298 g/mol. The fourth-order valence-electron chi connectivity index (χ4n) is 2.17. The maximum absolute atomic E-state index is 11.9. The van der Waals surface area contributed by atoms with Crippen LogP contribution < -0.4 is 5.32 Å². The quantitative estimate of drug-likeness (QED) is 0.662. The van der Waals surface area contributed by atoms with Crippen LogP contribution >= 0.6 is 0 Å². The Labute approximate surface area is 124 Å². The van der Waals surface area contributed by atoms with E-state index in [4.69, 9.17) is 0 Å². The van der Waals surface area contributed by atoms with Gasteiger partial charge in [0.15, 0.2) is 5.78 Å². The second-order valence-corrected chi connectivity index (χ2v) is 5.37. The van der Waals surface area contributed by atoms with Crippen molar-refractivity contribution >= 4 is 23.6 Å². The van der Waals surface area contributed by atoms with E-state index in [0.29, 0.717) is 6.54 Å². The van der Waals surface area contributed by atoms with Gasteiger partial charge < -0.3 is 15.0 Å². The number of Topliss-reactive ketones (excluding diaryl/α,β-unsaturated/α-hetero) is 1. The van der Waals surface area contributed by atoms with Gasteiger partial charge in [-0.2, -0.15) is 0 Å². The van der Waals surface area contributed by atoms with E-state index in [1.54, 1.807) is 4.90 Å². The number of methoxy groups -OCH3 is 1. The highest BCUT2D eigenvalue weighted by molar-refractivity contribution is 5.92. The molecule has 118 valence electrons. The number of likely N-dealkylation sites (tertiary alicyclic amines) is 1.